The van der Waals surface area contributed by atoms with Crippen LogP contribution in [0.2, 0.25) is 10.0 Å². The number of benzene rings is 3. The smallest absolute Gasteiger partial charge is 0.262 e. The van der Waals surface area contributed by atoms with Crippen molar-refractivity contribution in [1.29, 1.82) is 0 Å². The van der Waals surface area contributed by atoms with E-state index < -0.39 is 0 Å². The first-order valence-corrected chi connectivity index (χ1v) is 8.82. The van der Waals surface area contributed by atoms with Gasteiger partial charge in [-0.3, -0.25) is 4.79 Å². The number of anilines is 1. The summed E-state index contributed by atoms with van der Waals surface area (Å²) in [6.45, 7) is 1.75. The number of nitrogens with one attached hydrogen (secondary N) is 1. The van der Waals surface area contributed by atoms with Crippen molar-refractivity contribution in [1.82, 2.24) is 0 Å². The Kier molecular flexibility index (Phi) is 5.82. The maximum atomic E-state index is 12.1. The molecule has 3 aromatic carbocycles. The van der Waals surface area contributed by atoms with Crippen molar-refractivity contribution in [3.05, 3.63) is 82.3 Å². The molecule has 0 aliphatic carbocycles. The predicted octanol–water partition coefficient (Wildman–Crippen LogP) is 5.99. The molecular weight excluding hydrogens is 369 g/mol. The van der Waals surface area contributed by atoms with Crippen LogP contribution in [0.4, 0.5) is 5.69 Å². The summed E-state index contributed by atoms with van der Waals surface area (Å²) >= 11 is 12.3. The van der Waals surface area contributed by atoms with Gasteiger partial charge in [0.2, 0.25) is 0 Å². The molecule has 1 amide bonds. The van der Waals surface area contributed by atoms with Gasteiger partial charge in [-0.1, -0.05) is 65.7 Å². The summed E-state index contributed by atoms with van der Waals surface area (Å²) in [6, 6.07) is 20.7. The van der Waals surface area contributed by atoms with Crippen LogP contribution in [0.3, 0.4) is 0 Å². The minimum absolute atomic E-state index is 0.143. The molecule has 26 heavy (non-hydrogen) atoms. The lowest BCUT2D eigenvalue weighted by atomic mass is 10.1. The molecule has 5 heteroatoms. The molecule has 132 valence electrons. The Morgan fingerprint density at radius 1 is 0.962 bits per heavy atom. The average Bonchev–Trinajstić information content (AvgIpc) is 2.64. The molecule has 0 unspecified atom stereocenters. The summed E-state index contributed by atoms with van der Waals surface area (Å²) in [5.41, 5.74) is 3.64. The number of carbonyl (C=O) groups is 1. The maximum absolute atomic E-state index is 12.1. The molecule has 0 saturated carbocycles. The van der Waals surface area contributed by atoms with E-state index in [1.807, 2.05) is 55.5 Å². The summed E-state index contributed by atoms with van der Waals surface area (Å²) in [6.07, 6.45) is 0. The lowest BCUT2D eigenvalue weighted by Gasteiger charge is -2.11. The number of halogens is 2. The van der Waals surface area contributed by atoms with Crippen molar-refractivity contribution in [2.75, 3.05) is 11.9 Å². The van der Waals surface area contributed by atoms with Gasteiger partial charge in [0.1, 0.15) is 5.75 Å². The van der Waals surface area contributed by atoms with Crippen LogP contribution in [-0.4, -0.2) is 12.5 Å². The van der Waals surface area contributed by atoms with Crippen molar-refractivity contribution < 1.29 is 9.53 Å². The van der Waals surface area contributed by atoms with Crippen LogP contribution < -0.4 is 10.1 Å². The van der Waals surface area contributed by atoms with E-state index in [2.05, 4.69) is 5.32 Å². The fourth-order valence-electron chi connectivity index (χ4n) is 2.49. The highest BCUT2D eigenvalue weighted by atomic mass is 35.5. The molecule has 1 N–H and O–H groups in total. The number of rotatable bonds is 5. The Balaban J connectivity index is 1.64. The minimum atomic E-state index is -0.279. The number of ether oxygens (including phenoxy) is 1. The molecule has 0 fully saturated rings. The van der Waals surface area contributed by atoms with Gasteiger partial charge in [0.05, 0.1) is 5.02 Å². The molecular formula is C21H17Cl2NO2. The third-order valence-corrected chi connectivity index (χ3v) is 4.40. The van der Waals surface area contributed by atoms with E-state index in [0.717, 1.165) is 16.7 Å². The van der Waals surface area contributed by atoms with Gasteiger partial charge in [-0.25, -0.2) is 0 Å². The van der Waals surface area contributed by atoms with Gasteiger partial charge in [-0.05, 0) is 47.9 Å². The molecule has 3 rings (SSSR count). The molecule has 0 aliphatic heterocycles. The van der Waals surface area contributed by atoms with Crippen molar-refractivity contribution in [3.63, 3.8) is 0 Å². The van der Waals surface area contributed by atoms with Crippen molar-refractivity contribution >= 4 is 34.8 Å². The van der Waals surface area contributed by atoms with Gasteiger partial charge in [-0.2, -0.15) is 0 Å². The van der Waals surface area contributed by atoms with Crippen LogP contribution in [0.25, 0.3) is 11.1 Å². The van der Waals surface area contributed by atoms with E-state index in [1.54, 1.807) is 18.2 Å². The molecule has 0 spiro atoms. The Morgan fingerprint density at radius 2 is 1.73 bits per heavy atom. The SMILES string of the molecule is Cc1ccc(Cl)cc1NC(=O)COc1ccc(-c2ccccc2)cc1Cl. The Bertz CT molecular complexity index is 927. The summed E-state index contributed by atoms with van der Waals surface area (Å²) in [4.78, 5) is 12.1. The molecule has 0 saturated heterocycles. The normalized spacial score (nSPS) is 10.4. The Morgan fingerprint density at radius 3 is 2.46 bits per heavy atom. The largest absolute Gasteiger partial charge is 0.482 e. The molecule has 0 atom stereocenters. The highest BCUT2D eigenvalue weighted by Crippen LogP contribution is 2.30. The van der Waals surface area contributed by atoms with Crippen LogP contribution in [0.15, 0.2) is 66.7 Å². The molecule has 3 nitrogen and oxygen atoms in total. The lowest BCUT2D eigenvalue weighted by molar-refractivity contribution is -0.118. The van der Waals surface area contributed by atoms with Crippen LogP contribution in [0.5, 0.6) is 5.75 Å². The van der Waals surface area contributed by atoms with Gasteiger partial charge in [-0.15, -0.1) is 0 Å². The first kappa shape index (κ1) is 18.3. The third kappa shape index (κ3) is 4.57. The number of hydrogen-bond acceptors (Lipinski definition) is 2. The van der Waals surface area contributed by atoms with E-state index in [4.69, 9.17) is 27.9 Å². The van der Waals surface area contributed by atoms with Crippen LogP contribution >= 0.6 is 23.2 Å². The average molecular weight is 386 g/mol. The van der Waals surface area contributed by atoms with Crippen LogP contribution in [-0.2, 0) is 4.79 Å². The summed E-state index contributed by atoms with van der Waals surface area (Å²) in [7, 11) is 0. The van der Waals surface area contributed by atoms with Crippen LogP contribution in [0, 0.1) is 6.92 Å². The highest BCUT2D eigenvalue weighted by molar-refractivity contribution is 6.32. The van der Waals surface area contributed by atoms with E-state index >= 15 is 0 Å². The molecule has 3 aromatic rings. The van der Waals surface area contributed by atoms with E-state index in [-0.39, 0.29) is 12.5 Å². The zero-order valence-electron chi connectivity index (χ0n) is 14.1. The fraction of sp³-hybridized carbons (Fsp3) is 0.0952. The topological polar surface area (TPSA) is 38.3 Å². The van der Waals surface area contributed by atoms with Crippen molar-refractivity contribution in [2.45, 2.75) is 6.92 Å². The first-order valence-electron chi connectivity index (χ1n) is 8.07. The van der Waals surface area contributed by atoms with E-state index in [0.29, 0.717) is 21.5 Å². The molecule has 0 heterocycles. The molecule has 0 radical (unpaired) electrons. The van der Waals surface area contributed by atoms with Gasteiger partial charge in [0.25, 0.3) is 5.91 Å². The minimum Gasteiger partial charge on any atom is -0.482 e. The van der Waals surface area contributed by atoms with Gasteiger partial charge in [0, 0.05) is 10.7 Å². The van der Waals surface area contributed by atoms with Crippen molar-refractivity contribution in [2.24, 2.45) is 0 Å². The second-order valence-electron chi connectivity index (χ2n) is 5.81. The molecule has 0 bridgehead atoms. The monoisotopic (exact) mass is 385 g/mol. The van der Waals surface area contributed by atoms with Gasteiger partial charge >= 0.3 is 0 Å². The summed E-state index contributed by atoms with van der Waals surface area (Å²) < 4.78 is 5.55. The Hall–Kier alpha value is -2.49. The zero-order chi connectivity index (χ0) is 18.5. The number of hydrogen-bond donors (Lipinski definition) is 1. The molecule has 0 aromatic heterocycles. The fourth-order valence-corrected chi connectivity index (χ4v) is 2.89. The first-order chi connectivity index (χ1) is 12.5. The Labute approximate surface area is 162 Å². The van der Waals surface area contributed by atoms with E-state index in [9.17, 15) is 4.79 Å². The summed E-state index contributed by atoms with van der Waals surface area (Å²) in [5, 5.41) is 3.80. The third-order valence-electron chi connectivity index (χ3n) is 3.87. The highest BCUT2D eigenvalue weighted by Gasteiger charge is 2.09. The van der Waals surface area contributed by atoms with Crippen molar-refractivity contribution in [3.8, 4) is 16.9 Å². The van der Waals surface area contributed by atoms with E-state index in [1.165, 1.54) is 0 Å². The standard InChI is InChI=1S/C21H17Cl2NO2/c1-14-7-9-17(22)12-19(14)24-21(25)13-26-20-10-8-16(11-18(20)23)15-5-3-2-4-6-15/h2-12H,13H2,1H3,(H,24,25). The quantitative estimate of drug-likeness (QED) is 0.585. The second kappa shape index (κ2) is 8.26. The van der Waals surface area contributed by atoms with Crippen LogP contribution in [0.1, 0.15) is 5.56 Å². The summed E-state index contributed by atoms with van der Waals surface area (Å²) in [5.74, 6) is 0.183. The lowest BCUT2D eigenvalue weighted by Crippen LogP contribution is -2.20. The van der Waals surface area contributed by atoms with Gasteiger partial charge < -0.3 is 10.1 Å². The number of amides is 1. The zero-order valence-corrected chi connectivity index (χ0v) is 15.6. The second-order valence-corrected chi connectivity index (χ2v) is 6.65. The maximum Gasteiger partial charge on any atom is 0.262 e. The van der Waals surface area contributed by atoms with Gasteiger partial charge in [0.15, 0.2) is 6.61 Å². The number of aryl methyl sites for hydroxylation is 1. The molecule has 0 aliphatic rings. The number of carbonyl (C=O) groups excluding carboxylic acids is 1. The predicted molar refractivity (Wildman–Crippen MR) is 107 cm³/mol.